The van der Waals surface area contributed by atoms with Gasteiger partial charge in [-0.05, 0) is 48.7 Å². The number of sulfonamides is 1. The van der Waals surface area contributed by atoms with E-state index in [9.17, 15) is 8.42 Å². The zero-order chi connectivity index (χ0) is 22.2. The van der Waals surface area contributed by atoms with Crippen LogP contribution in [0.15, 0.2) is 61.2 Å². The summed E-state index contributed by atoms with van der Waals surface area (Å²) < 4.78 is 43.5. The number of methoxy groups -OCH3 is 3. The number of allylic oxidation sites excluding steroid dienone is 1. The summed E-state index contributed by atoms with van der Waals surface area (Å²) in [6.45, 7) is 5.97. The molecule has 0 unspecified atom stereocenters. The van der Waals surface area contributed by atoms with Crippen LogP contribution in [-0.2, 0) is 27.8 Å². The molecule has 164 valence electrons. The fourth-order valence-electron chi connectivity index (χ4n) is 3.26. The Morgan fingerprint density at radius 1 is 0.900 bits per heavy atom. The van der Waals surface area contributed by atoms with E-state index in [1.165, 1.54) is 11.4 Å². The van der Waals surface area contributed by atoms with E-state index in [2.05, 4.69) is 6.58 Å². The second kappa shape index (κ2) is 10.6. The van der Waals surface area contributed by atoms with E-state index in [4.69, 9.17) is 14.2 Å². The summed E-state index contributed by atoms with van der Waals surface area (Å²) in [5, 5.41) is 0. The second-order valence-electron chi connectivity index (χ2n) is 7.34. The third kappa shape index (κ3) is 5.62. The van der Waals surface area contributed by atoms with Gasteiger partial charge in [0.25, 0.3) is 0 Å². The molecule has 0 radical (unpaired) electrons. The quantitative estimate of drug-likeness (QED) is 0.473. The van der Waals surface area contributed by atoms with Crippen molar-refractivity contribution in [2.45, 2.75) is 31.2 Å². The predicted octanol–water partition coefficient (Wildman–Crippen LogP) is 4.02. The monoisotopic (exact) mass is 433 g/mol. The topological polar surface area (TPSA) is 65.1 Å². The summed E-state index contributed by atoms with van der Waals surface area (Å²) in [7, 11) is 0.964. The Bertz CT molecular complexity index is 860. The van der Waals surface area contributed by atoms with E-state index >= 15 is 0 Å². The lowest BCUT2D eigenvalue weighted by atomic mass is 10.1. The van der Waals surface area contributed by atoms with Crippen LogP contribution in [0.5, 0.6) is 11.5 Å². The second-order valence-corrected chi connectivity index (χ2v) is 9.80. The fraction of sp³-hybridized carbons (Fsp3) is 0.391. The largest absolute Gasteiger partial charge is 0.497 e. The zero-order valence-electron chi connectivity index (χ0n) is 18.1. The Hall–Kier alpha value is -2.35. The number of rotatable bonds is 12. The first kappa shape index (κ1) is 23.9. The minimum absolute atomic E-state index is 0.0725. The number of benzene rings is 2. The molecule has 0 aliphatic heterocycles. The van der Waals surface area contributed by atoms with Gasteiger partial charge < -0.3 is 14.2 Å². The van der Waals surface area contributed by atoms with Crippen LogP contribution in [0.25, 0.3) is 0 Å². The van der Waals surface area contributed by atoms with E-state index in [1.54, 1.807) is 27.2 Å². The molecule has 0 aromatic heterocycles. The first-order valence-corrected chi connectivity index (χ1v) is 11.1. The van der Waals surface area contributed by atoms with Gasteiger partial charge >= 0.3 is 0 Å². The number of ether oxygens (including phenoxy) is 3. The Balaban J connectivity index is 2.42. The molecule has 0 spiro atoms. The molecular formula is C23H31NO5S. The van der Waals surface area contributed by atoms with Crippen molar-refractivity contribution in [1.29, 1.82) is 0 Å². The molecular weight excluding hydrogens is 402 g/mol. The number of hydrogen-bond acceptors (Lipinski definition) is 5. The summed E-state index contributed by atoms with van der Waals surface area (Å²) in [5.74, 6) is 1.44. The predicted molar refractivity (Wildman–Crippen MR) is 119 cm³/mol. The smallest absolute Gasteiger partial charge is 0.222 e. The maximum Gasteiger partial charge on any atom is 0.222 e. The molecule has 7 heteroatoms. The highest BCUT2D eigenvalue weighted by Crippen LogP contribution is 2.29. The molecule has 0 saturated carbocycles. The molecule has 0 aliphatic rings. The van der Waals surface area contributed by atoms with Crippen LogP contribution in [0.2, 0.25) is 0 Å². The molecule has 0 aliphatic carbocycles. The van der Waals surface area contributed by atoms with Crippen molar-refractivity contribution < 1.29 is 22.6 Å². The Morgan fingerprint density at radius 3 is 1.67 bits per heavy atom. The Morgan fingerprint density at radius 2 is 1.33 bits per heavy atom. The van der Waals surface area contributed by atoms with Crippen molar-refractivity contribution >= 4 is 10.0 Å². The minimum atomic E-state index is -3.74. The molecule has 2 aromatic rings. The average Bonchev–Trinajstić information content (AvgIpc) is 2.74. The Labute approximate surface area is 180 Å². The van der Waals surface area contributed by atoms with Crippen LogP contribution in [0.3, 0.4) is 0 Å². The van der Waals surface area contributed by atoms with Crippen LogP contribution in [-0.4, -0.2) is 45.4 Å². The highest BCUT2D eigenvalue weighted by molar-refractivity contribution is 7.90. The van der Waals surface area contributed by atoms with Crippen LogP contribution in [0.4, 0.5) is 0 Å². The molecule has 0 heterocycles. The van der Waals surface area contributed by atoms with Crippen molar-refractivity contribution in [2.24, 2.45) is 0 Å². The summed E-state index contributed by atoms with van der Waals surface area (Å²) in [6.07, 6.45) is 1.90. The molecule has 0 N–H and O–H groups in total. The van der Waals surface area contributed by atoms with Gasteiger partial charge in [-0.15, -0.1) is 6.58 Å². The van der Waals surface area contributed by atoms with E-state index in [0.29, 0.717) is 0 Å². The van der Waals surface area contributed by atoms with Gasteiger partial charge in [0, 0.05) is 20.2 Å². The standard InChI is InChI=1S/C23H31NO5S/c1-6-15-23(2,18-27-3)30(25,26)24(16-19-7-11-21(28-4)12-8-19)17-20-9-13-22(29-5)14-10-20/h6-14H,1,15-18H2,2-5H3/t23-/m1/s1. The third-order valence-electron chi connectivity index (χ3n) is 5.02. The van der Waals surface area contributed by atoms with Crippen LogP contribution < -0.4 is 9.47 Å². The molecule has 0 fully saturated rings. The maximum absolute atomic E-state index is 13.7. The van der Waals surface area contributed by atoms with Crippen molar-refractivity contribution in [3.63, 3.8) is 0 Å². The first-order chi connectivity index (χ1) is 14.3. The minimum Gasteiger partial charge on any atom is -0.497 e. The molecule has 0 amide bonds. The highest BCUT2D eigenvalue weighted by Gasteiger charge is 2.42. The van der Waals surface area contributed by atoms with Crippen molar-refractivity contribution in [1.82, 2.24) is 4.31 Å². The molecule has 30 heavy (non-hydrogen) atoms. The van der Waals surface area contributed by atoms with Crippen LogP contribution >= 0.6 is 0 Å². The van der Waals surface area contributed by atoms with E-state index in [-0.39, 0.29) is 26.1 Å². The SMILES string of the molecule is C=CC[C@](C)(COC)S(=O)(=O)N(Cc1ccc(OC)cc1)Cc1ccc(OC)cc1. The summed E-state index contributed by atoms with van der Waals surface area (Å²) in [4.78, 5) is 0. The molecule has 0 bridgehead atoms. The van der Waals surface area contributed by atoms with Crippen molar-refractivity contribution in [3.8, 4) is 11.5 Å². The lowest BCUT2D eigenvalue weighted by molar-refractivity contribution is 0.165. The normalized spacial score (nSPS) is 13.6. The van der Waals surface area contributed by atoms with E-state index < -0.39 is 14.8 Å². The highest BCUT2D eigenvalue weighted by atomic mass is 32.2. The fourth-order valence-corrected chi connectivity index (χ4v) is 5.11. The van der Waals surface area contributed by atoms with Gasteiger partial charge in [-0.1, -0.05) is 30.3 Å². The Kier molecular flexibility index (Phi) is 8.46. The molecule has 6 nitrogen and oxygen atoms in total. The first-order valence-electron chi connectivity index (χ1n) is 9.65. The van der Waals surface area contributed by atoms with Gasteiger partial charge in [-0.2, -0.15) is 4.31 Å². The summed E-state index contributed by atoms with van der Waals surface area (Å²) in [6, 6.07) is 14.8. The molecule has 0 saturated heterocycles. The number of hydrogen-bond donors (Lipinski definition) is 0. The van der Waals surface area contributed by atoms with Crippen molar-refractivity contribution in [2.75, 3.05) is 27.9 Å². The molecule has 1 atom stereocenters. The average molecular weight is 434 g/mol. The molecule has 2 rings (SSSR count). The lowest BCUT2D eigenvalue weighted by Gasteiger charge is -2.34. The number of nitrogens with zero attached hydrogens (tertiary/aromatic N) is 1. The molecule has 2 aromatic carbocycles. The van der Waals surface area contributed by atoms with Crippen LogP contribution in [0, 0.1) is 0 Å². The van der Waals surface area contributed by atoms with Gasteiger partial charge in [-0.3, -0.25) is 0 Å². The van der Waals surface area contributed by atoms with Gasteiger partial charge in [0.1, 0.15) is 16.2 Å². The van der Waals surface area contributed by atoms with E-state index in [0.717, 1.165) is 22.6 Å². The lowest BCUT2D eigenvalue weighted by Crippen LogP contribution is -2.48. The summed E-state index contributed by atoms with van der Waals surface area (Å²) in [5.41, 5.74) is 1.73. The summed E-state index contributed by atoms with van der Waals surface area (Å²) >= 11 is 0. The van der Waals surface area contributed by atoms with Gasteiger partial charge in [0.2, 0.25) is 10.0 Å². The maximum atomic E-state index is 13.7. The van der Waals surface area contributed by atoms with Crippen molar-refractivity contribution in [3.05, 3.63) is 72.3 Å². The van der Waals surface area contributed by atoms with Crippen LogP contribution in [0.1, 0.15) is 24.5 Å². The van der Waals surface area contributed by atoms with E-state index in [1.807, 2.05) is 48.5 Å². The van der Waals surface area contributed by atoms with Gasteiger partial charge in [0.15, 0.2) is 0 Å². The third-order valence-corrected chi connectivity index (χ3v) is 7.49. The zero-order valence-corrected chi connectivity index (χ0v) is 18.9. The van der Waals surface area contributed by atoms with Gasteiger partial charge in [0.05, 0.1) is 20.8 Å². The van der Waals surface area contributed by atoms with Gasteiger partial charge in [-0.25, -0.2) is 8.42 Å².